The Morgan fingerprint density at radius 1 is 0.786 bits per heavy atom. The minimum atomic E-state index is -0.00456. The van der Waals surface area contributed by atoms with Crippen molar-refractivity contribution in [1.29, 1.82) is 0 Å². The average molecular weight is 212 g/mol. The zero-order valence-electron chi connectivity index (χ0n) is 6.90. The molecule has 2 aromatic heterocycles. The van der Waals surface area contributed by atoms with Gasteiger partial charge in [0.15, 0.2) is 11.6 Å². The van der Waals surface area contributed by atoms with Crippen molar-refractivity contribution in [2.24, 2.45) is 0 Å². The Labute approximate surface area is 83.3 Å². The number of nitrogens with two attached hydrogens (primary N) is 3. The minimum Gasteiger partial charge on any atom is -0.382 e. The van der Waals surface area contributed by atoms with Crippen LogP contribution in [0.5, 0.6) is 0 Å². The summed E-state index contributed by atoms with van der Waals surface area (Å²) in [5.74, 6) is 0.275. The smallest absolute Gasteiger partial charge is 0.225 e. The number of halogens is 1. The number of aromatic nitrogens is 4. The van der Waals surface area contributed by atoms with Gasteiger partial charge < -0.3 is 17.2 Å². The molecule has 14 heavy (non-hydrogen) atoms. The molecule has 0 radical (unpaired) electrons. The van der Waals surface area contributed by atoms with E-state index in [2.05, 4.69) is 19.9 Å². The van der Waals surface area contributed by atoms with Gasteiger partial charge in [-0.05, 0) is 11.6 Å². The fourth-order valence-electron chi connectivity index (χ4n) is 1.05. The number of rotatable bonds is 0. The van der Waals surface area contributed by atoms with E-state index in [9.17, 15) is 0 Å². The maximum Gasteiger partial charge on any atom is 0.225 e. The van der Waals surface area contributed by atoms with E-state index >= 15 is 0 Å². The summed E-state index contributed by atoms with van der Waals surface area (Å²) in [6.07, 6.45) is 0. The molecule has 0 spiro atoms. The molecule has 6 N–H and O–H groups in total. The largest absolute Gasteiger partial charge is 0.382 e. The van der Waals surface area contributed by atoms with Crippen LogP contribution in [0.4, 0.5) is 17.6 Å². The number of anilines is 3. The molecule has 72 valence electrons. The molecule has 0 aromatic carbocycles. The molecule has 0 bridgehead atoms. The van der Waals surface area contributed by atoms with Crippen molar-refractivity contribution in [3.05, 3.63) is 5.28 Å². The standard InChI is InChI=1S/C6H6ClN7/c7-5-11-1-2(3(8)13-5)12-6(10)14-4(1)9/h(H2,8,11,13)(H4,9,10,12,14). The highest BCUT2D eigenvalue weighted by Crippen LogP contribution is 2.21. The third kappa shape index (κ3) is 1.23. The van der Waals surface area contributed by atoms with Gasteiger partial charge in [-0.3, -0.25) is 0 Å². The lowest BCUT2D eigenvalue weighted by atomic mass is 10.4. The average Bonchev–Trinajstić information content (AvgIpc) is 2.07. The first kappa shape index (κ1) is 8.70. The van der Waals surface area contributed by atoms with Crippen LogP contribution in [0.15, 0.2) is 0 Å². The molecule has 0 atom stereocenters. The minimum absolute atomic E-state index is 0.00456. The van der Waals surface area contributed by atoms with Crippen LogP contribution in [0.25, 0.3) is 11.0 Å². The summed E-state index contributed by atoms with van der Waals surface area (Å²) in [5, 5.41) is -0.00456. The molecule has 0 saturated carbocycles. The Kier molecular flexibility index (Phi) is 1.74. The lowest BCUT2D eigenvalue weighted by Crippen LogP contribution is -2.05. The molecule has 0 aliphatic rings. The predicted molar refractivity (Wildman–Crippen MR) is 53.4 cm³/mol. The summed E-state index contributed by atoms with van der Waals surface area (Å²) in [6, 6.07) is 0. The second-order valence-corrected chi connectivity index (χ2v) is 2.88. The first-order valence-electron chi connectivity index (χ1n) is 3.59. The fourth-order valence-corrected chi connectivity index (χ4v) is 1.22. The summed E-state index contributed by atoms with van der Waals surface area (Å²) in [6.45, 7) is 0. The van der Waals surface area contributed by atoms with Crippen LogP contribution in [0.2, 0.25) is 5.28 Å². The van der Waals surface area contributed by atoms with E-state index in [0.717, 1.165) is 0 Å². The monoisotopic (exact) mass is 211 g/mol. The highest BCUT2D eigenvalue weighted by atomic mass is 35.5. The van der Waals surface area contributed by atoms with Crippen LogP contribution < -0.4 is 17.2 Å². The molecular formula is C6H6ClN7. The quantitative estimate of drug-likeness (QED) is 0.515. The van der Waals surface area contributed by atoms with Crippen molar-refractivity contribution in [1.82, 2.24) is 19.9 Å². The maximum absolute atomic E-state index is 5.59. The van der Waals surface area contributed by atoms with Gasteiger partial charge in [0.1, 0.15) is 11.0 Å². The van der Waals surface area contributed by atoms with Crippen molar-refractivity contribution in [2.45, 2.75) is 0 Å². The molecule has 2 aromatic rings. The van der Waals surface area contributed by atoms with Gasteiger partial charge in [0.05, 0.1) is 0 Å². The summed E-state index contributed by atoms with van der Waals surface area (Å²) < 4.78 is 0. The normalized spacial score (nSPS) is 10.6. The number of hydrogen-bond acceptors (Lipinski definition) is 7. The van der Waals surface area contributed by atoms with Gasteiger partial charge in [0.2, 0.25) is 11.2 Å². The van der Waals surface area contributed by atoms with E-state index in [-0.39, 0.29) is 22.9 Å². The van der Waals surface area contributed by atoms with Crippen LogP contribution in [-0.4, -0.2) is 19.9 Å². The van der Waals surface area contributed by atoms with Crippen LogP contribution in [-0.2, 0) is 0 Å². The van der Waals surface area contributed by atoms with E-state index in [4.69, 9.17) is 28.8 Å². The Morgan fingerprint density at radius 2 is 1.36 bits per heavy atom. The van der Waals surface area contributed by atoms with Crippen LogP contribution in [0.3, 0.4) is 0 Å². The summed E-state index contributed by atoms with van der Waals surface area (Å²) >= 11 is 5.59. The summed E-state index contributed by atoms with van der Waals surface area (Å²) in [7, 11) is 0. The third-order valence-corrected chi connectivity index (χ3v) is 1.76. The molecule has 0 amide bonds. The van der Waals surface area contributed by atoms with Crippen LogP contribution in [0.1, 0.15) is 0 Å². The summed E-state index contributed by atoms with van der Waals surface area (Å²) in [5.41, 5.74) is 17.1. The van der Waals surface area contributed by atoms with E-state index in [1.165, 1.54) is 0 Å². The molecule has 0 saturated heterocycles. The van der Waals surface area contributed by atoms with Crippen LogP contribution >= 0.6 is 11.6 Å². The number of nitrogen functional groups attached to an aromatic ring is 3. The van der Waals surface area contributed by atoms with Crippen molar-refractivity contribution in [3.63, 3.8) is 0 Å². The zero-order chi connectivity index (χ0) is 10.3. The Balaban J connectivity index is 2.94. The maximum atomic E-state index is 5.59. The van der Waals surface area contributed by atoms with Gasteiger partial charge in [0, 0.05) is 0 Å². The Morgan fingerprint density at radius 3 is 2.07 bits per heavy atom. The highest BCUT2D eigenvalue weighted by Gasteiger charge is 2.10. The highest BCUT2D eigenvalue weighted by molar-refractivity contribution is 6.28. The summed E-state index contributed by atoms with van der Waals surface area (Å²) in [4.78, 5) is 15.1. The van der Waals surface area contributed by atoms with Gasteiger partial charge in [-0.25, -0.2) is 9.97 Å². The topological polar surface area (TPSA) is 130 Å². The number of hydrogen-bond donors (Lipinski definition) is 3. The molecule has 8 heteroatoms. The van der Waals surface area contributed by atoms with E-state index in [1.54, 1.807) is 0 Å². The van der Waals surface area contributed by atoms with E-state index in [1.807, 2.05) is 0 Å². The van der Waals surface area contributed by atoms with Crippen molar-refractivity contribution in [3.8, 4) is 0 Å². The van der Waals surface area contributed by atoms with Crippen LogP contribution in [0, 0.1) is 0 Å². The molecule has 0 aliphatic heterocycles. The SMILES string of the molecule is Nc1nc(N)c2nc(Cl)nc(N)c2n1. The number of fused-ring (bicyclic) bond motifs is 1. The van der Waals surface area contributed by atoms with Gasteiger partial charge in [-0.15, -0.1) is 0 Å². The molecular weight excluding hydrogens is 206 g/mol. The molecule has 0 unspecified atom stereocenters. The zero-order valence-corrected chi connectivity index (χ0v) is 7.65. The molecule has 0 aliphatic carbocycles. The van der Waals surface area contributed by atoms with Crippen molar-refractivity contribution in [2.75, 3.05) is 17.2 Å². The van der Waals surface area contributed by atoms with Gasteiger partial charge >= 0.3 is 0 Å². The van der Waals surface area contributed by atoms with Gasteiger partial charge in [0.25, 0.3) is 0 Å². The van der Waals surface area contributed by atoms with Crippen molar-refractivity contribution < 1.29 is 0 Å². The second-order valence-electron chi connectivity index (χ2n) is 2.54. The van der Waals surface area contributed by atoms with Gasteiger partial charge in [-0.1, -0.05) is 0 Å². The fraction of sp³-hybridized carbons (Fsp3) is 0. The lowest BCUT2D eigenvalue weighted by molar-refractivity contribution is 1.17. The predicted octanol–water partition coefficient (Wildman–Crippen LogP) is -0.180. The third-order valence-electron chi connectivity index (χ3n) is 1.59. The first-order chi connectivity index (χ1) is 6.58. The lowest BCUT2D eigenvalue weighted by Gasteiger charge is -2.03. The van der Waals surface area contributed by atoms with E-state index < -0.39 is 0 Å². The second kappa shape index (κ2) is 2.81. The van der Waals surface area contributed by atoms with E-state index in [0.29, 0.717) is 11.0 Å². The molecule has 2 heterocycles. The Hall–Kier alpha value is -1.89. The molecule has 7 nitrogen and oxygen atoms in total. The number of nitrogens with zero attached hydrogens (tertiary/aromatic N) is 4. The van der Waals surface area contributed by atoms with Crippen molar-refractivity contribution >= 4 is 40.2 Å². The molecule has 2 rings (SSSR count). The molecule has 0 fully saturated rings. The Bertz CT molecular complexity index is 464. The van der Waals surface area contributed by atoms with Gasteiger partial charge in [-0.2, -0.15) is 9.97 Å². The first-order valence-corrected chi connectivity index (χ1v) is 3.97.